The molecule has 0 radical (unpaired) electrons. The van der Waals surface area contributed by atoms with Crippen molar-refractivity contribution < 1.29 is 19.7 Å². The molecule has 0 spiro atoms. The van der Waals surface area contributed by atoms with Gasteiger partial charge in [0.25, 0.3) is 0 Å². The number of nitrogens with one attached hydrogen (secondary N) is 1. The van der Waals surface area contributed by atoms with Crippen molar-refractivity contribution in [2.75, 3.05) is 6.54 Å². The summed E-state index contributed by atoms with van der Waals surface area (Å²) in [4.78, 5) is 20.0. The van der Waals surface area contributed by atoms with Gasteiger partial charge in [-0.25, -0.2) is 9.78 Å². The minimum Gasteiger partial charge on any atom is -0.477 e. The number of carboxylic acid groups (broad SMARTS) is 1. The minimum absolute atomic E-state index is 0.0470. The maximum Gasteiger partial charge on any atom is 0.352 e. The van der Waals surface area contributed by atoms with E-state index in [9.17, 15) is 15.0 Å². The highest BCUT2D eigenvalue weighted by Crippen LogP contribution is 2.29. The molecule has 0 bridgehead atoms. The molecule has 0 fully saturated rings. The summed E-state index contributed by atoms with van der Waals surface area (Å²) in [5, 5.41) is 23.4. The van der Waals surface area contributed by atoms with E-state index in [-0.39, 0.29) is 29.5 Å². The van der Waals surface area contributed by atoms with Gasteiger partial charge in [0.15, 0.2) is 0 Å². The van der Waals surface area contributed by atoms with E-state index in [4.69, 9.17) is 16.3 Å². The van der Waals surface area contributed by atoms with E-state index in [1.165, 1.54) is 12.3 Å². The number of aromatic nitrogens is 3. The monoisotopic (exact) mass is 398 g/mol. The Balaban J connectivity index is 2.42. The van der Waals surface area contributed by atoms with Gasteiger partial charge in [0.1, 0.15) is 11.3 Å². The number of rotatable bonds is 8. The number of nitrogens with zero attached hydrogens (tertiary/aromatic N) is 3. The van der Waals surface area contributed by atoms with E-state index in [0.29, 0.717) is 11.0 Å². The summed E-state index contributed by atoms with van der Waals surface area (Å²) < 4.78 is 7.12. The highest BCUT2D eigenvalue weighted by atomic mass is 35.5. The molecule has 0 aliphatic rings. The number of hydrogen-bond donors (Lipinski definition) is 3. The quantitative estimate of drug-likeness (QED) is 0.463. The number of ether oxygens (including phenoxy) is 1. The Hall–Kier alpha value is -1.74. The van der Waals surface area contributed by atoms with E-state index in [2.05, 4.69) is 15.3 Å². The molecule has 0 aromatic carbocycles. The van der Waals surface area contributed by atoms with Crippen molar-refractivity contribution in [1.29, 1.82) is 0 Å². The van der Waals surface area contributed by atoms with Gasteiger partial charge in [0.2, 0.25) is 11.7 Å². The van der Waals surface area contributed by atoms with Crippen LogP contribution in [-0.4, -0.2) is 49.3 Å². The third-order valence-corrected chi connectivity index (χ3v) is 4.55. The SMILES string of the molecule is CCC(C)[C@@H](CNC(O)OC(C)(C)C)n1c(C(=O)O)cc2cnc(Cl)nc21. The van der Waals surface area contributed by atoms with E-state index >= 15 is 0 Å². The molecule has 2 aromatic rings. The molecule has 3 N–H and O–H groups in total. The van der Waals surface area contributed by atoms with Gasteiger partial charge < -0.3 is 19.5 Å². The van der Waals surface area contributed by atoms with Crippen LogP contribution in [-0.2, 0) is 4.74 Å². The maximum absolute atomic E-state index is 11.8. The zero-order chi connectivity index (χ0) is 20.4. The van der Waals surface area contributed by atoms with Crippen molar-refractivity contribution >= 4 is 28.6 Å². The Morgan fingerprint density at radius 3 is 2.67 bits per heavy atom. The first-order valence-electron chi connectivity index (χ1n) is 8.89. The number of halogens is 1. The van der Waals surface area contributed by atoms with Crippen molar-refractivity contribution in [3.63, 3.8) is 0 Å². The summed E-state index contributed by atoms with van der Waals surface area (Å²) in [5.74, 6) is -0.967. The van der Waals surface area contributed by atoms with Crippen LogP contribution < -0.4 is 5.32 Å². The molecule has 150 valence electrons. The molecule has 2 unspecified atom stereocenters. The average molecular weight is 399 g/mol. The number of fused-ring (bicyclic) bond motifs is 1. The largest absolute Gasteiger partial charge is 0.477 e. The summed E-state index contributed by atoms with van der Waals surface area (Å²) in [6, 6.07) is 1.24. The fourth-order valence-corrected chi connectivity index (χ4v) is 3.03. The fourth-order valence-electron chi connectivity index (χ4n) is 2.90. The first-order chi connectivity index (χ1) is 12.5. The summed E-state index contributed by atoms with van der Waals surface area (Å²) in [6.45, 7) is 9.84. The summed E-state index contributed by atoms with van der Waals surface area (Å²) in [5.41, 5.74) is 0.0245. The summed E-state index contributed by atoms with van der Waals surface area (Å²) >= 11 is 5.94. The molecular formula is C18H27ClN4O4. The summed E-state index contributed by atoms with van der Waals surface area (Å²) in [6.07, 6.45) is 1.14. The number of aliphatic hydroxyl groups excluding tert-OH is 1. The summed E-state index contributed by atoms with van der Waals surface area (Å²) in [7, 11) is 0. The van der Waals surface area contributed by atoms with Crippen molar-refractivity contribution in [3.05, 3.63) is 23.2 Å². The molecule has 0 aliphatic heterocycles. The Morgan fingerprint density at radius 2 is 2.11 bits per heavy atom. The molecule has 3 atom stereocenters. The molecule has 8 nitrogen and oxygen atoms in total. The van der Waals surface area contributed by atoms with Gasteiger partial charge in [0.05, 0.1) is 11.6 Å². The Bertz CT molecular complexity index is 802. The van der Waals surface area contributed by atoms with Crippen LogP contribution in [0.25, 0.3) is 11.0 Å². The van der Waals surface area contributed by atoms with Crippen LogP contribution in [0.4, 0.5) is 0 Å². The second kappa shape index (κ2) is 8.52. The third-order valence-electron chi connectivity index (χ3n) is 4.36. The van der Waals surface area contributed by atoms with E-state index in [1.54, 1.807) is 4.57 Å². The van der Waals surface area contributed by atoms with E-state index in [0.717, 1.165) is 6.42 Å². The molecule has 0 saturated carbocycles. The predicted octanol–water partition coefficient (Wildman–Crippen LogP) is 3.05. The van der Waals surface area contributed by atoms with Crippen molar-refractivity contribution in [2.24, 2.45) is 5.92 Å². The second-order valence-electron chi connectivity index (χ2n) is 7.57. The van der Waals surface area contributed by atoms with Gasteiger partial charge in [-0.1, -0.05) is 20.3 Å². The standard InChI is InChI=1S/C18H27ClN4O4/c1-6-10(2)13(9-21-17(26)27-18(3,4)5)23-12(15(24)25)7-11-8-20-16(19)22-14(11)23/h7-8,10,13,17,21,26H,6,9H2,1-5H3,(H,24,25)/t10?,13-,17?/m1/s1. The lowest BCUT2D eigenvalue weighted by Gasteiger charge is -2.30. The average Bonchev–Trinajstić information content (AvgIpc) is 2.92. The Kier molecular flexibility index (Phi) is 6.80. The van der Waals surface area contributed by atoms with Crippen LogP contribution in [0.1, 0.15) is 57.6 Å². The Labute approximate surface area is 163 Å². The van der Waals surface area contributed by atoms with E-state index < -0.39 is 18.0 Å². The van der Waals surface area contributed by atoms with Crippen molar-refractivity contribution in [2.45, 2.75) is 59.1 Å². The van der Waals surface area contributed by atoms with Crippen LogP contribution in [0.3, 0.4) is 0 Å². The van der Waals surface area contributed by atoms with Crippen molar-refractivity contribution in [1.82, 2.24) is 19.9 Å². The normalized spacial score (nSPS) is 15.7. The van der Waals surface area contributed by atoms with Gasteiger partial charge in [-0.05, 0) is 44.4 Å². The van der Waals surface area contributed by atoms with Gasteiger partial charge in [-0.15, -0.1) is 0 Å². The third kappa shape index (κ3) is 5.38. The van der Waals surface area contributed by atoms with E-state index in [1.807, 2.05) is 34.6 Å². The van der Waals surface area contributed by atoms with Crippen LogP contribution >= 0.6 is 11.6 Å². The molecule has 2 rings (SSSR count). The molecule has 0 aliphatic carbocycles. The maximum atomic E-state index is 11.8. The molecule has 0 saturated heterocycles. The molecule has 2 heterocycles. The van der Waals surface area contributed by atoms with Gasteiger partial charge in [0, 0.05) is 18.1 Å². The number of aliphatic hydroxyl groups is 1. The lowest BCUT2D eigenvalue weighted by molar-refractivity contribution is -0.182. The number of aromatic carboxylic acids is 1. The number of carboxylic acids is 1. The topological polar surface area (TPSA) is 110 Å². The van der Waals surface area contributed by atoms with Crippen LogP contribution in [0, 0.1) is 5.92 Å². The van der Waals surface area contributed by atoms with Gasteiger partial charge in [-0.2, -0.15) is 4.98 Å². The zero-order valence-electron chi connectivity index (χ0n) is 16.2. The Morgan fingerprint density at radius 1 is 1.44 bits per heavy atom. The zero-order valence-corrected chi connectivity index (χ0v) is 17.0. The second-order valence-corrected chi connectivity index (χ2v) is 7.90. The van der Waals surface area contributed by atoms with Gasteiger partial charge >= 0.3 is 5.97 Å². The van der Waals surface area contributed by atoms with Crippen LogP contribution in [0.5, 0.6) is 0 Å². The predicted molar refractivity (Wildman–Crippen MR) is 103 cm³/mol. The van der Waals surface area contributed by atoms with Crippen LogP contribution in [0.15, 0.2) is 12.3 Å². The van der Waals surface area contributed by atoms with Crippen LogP contribution in [0.2, 0.25) is 5.28 Å². The first-order valence-corrected chi connectivity index (χ1v) is 9.27. The minimum atomic E-state index is -1.18. The highest BCUT2D eigenvalue weighted by molar-refractivity contribution is 6.28. The van der Waals surface area contributed by atoms with Crippen molar-refractivity contribution in [3.8, 4) is 0 Å². The lowest BCUT2D eigenvalue weighted by Crippen LogP contribution is -2.42. The molecule has 0 amide bonds. The highest BCUT2D eigenvalue weighted by Gasteiger charge is 2.27. The number of hydrogen-bond acceptors (Lipinski definition) is 6. The number of carbonyl (C=O) groups is 1. The smallest absolute Gasteiger partial charge is 0.352 e. The lowest BCUT2D eigenvalue weighted by atomic mass is 9.98. The molecular weight excluding hydrogens is 372 g/mol. The van der Waals surface area contributed by atoms with Gasteiger partial charge in [-0.3, -0.25) is 5.32 Å². The molecule has 27 heavy (non-hydrogen) atoms. The first kappa shape index (κ1) is 21.6. The fraction of sp³-hybridized carbons (Fsp3) is 0.611. The molecule has 2 aromatic heterocycles. The molecule has 9 heteroatoms.